The number of aromatic nitrogens is 2. The summed E-state index contributed by atoms with van der Waals surface area (Å²) in [5, 5.41) is 3.18. The van der Waals surface area contributed by atoms with Gasteiger partial charge in [0.15, 0.2) is 0 Å². The average molecular weight is 263 g/mol. The number of halogens is 1. The summed E-state index contributed by atoms with van der Waals surface area (Å²) in [6.07, 6.45) is 1.88. The van der Waals surface area contributed by atoms with Crippen molar-refractivity contribution in [2.45, 2.75) is 13.8 Å². The van der Waals surface area contributed by atoms with E-state index in [4.69, 9.17) is 4.74 Å². The zero-order chi connectivity index (χ0) is 13.8. The van der Waals surface area contributed by atoms with Gasteiger partial charge in [0, 0.05) is 19.9 Å². The van der Waals surface area contributed by atoms with Crippen molar-refractivity contribution in [2.75, 3.05) is 25.6 Å². The van der Waals surface area contributed by atoms with Gasteiger partial charge in [-0.2, -0.15) is 0 Å². The standard InChI is InChI=1S/C14H18FN3O/c1-10-6-12(15)8-13(7-10)18-9-11(2)17-14(18)16-4-5-19-3/h6-9H,4-5H2,1-3H3,(H,16,17). The van der Waals surface area contributed by atoms with Gasteiger partial charge in [-0.15, -0.1) is 0 Å². The number of aryl methyl sites for hydroxylation is 2. The van der Waals surface area contributed by atoms with Crippen LogP contribution in [-0.2, 0) is 4.74 Å². The minimum absolute atomic E-state index is 0.246. The number of anilines is 1. The molecule has 0 aliphatic carbocycles. The molecule has 1 aromatic carbocycles. The molecule has 2 rings (SSSR count). The number of ether oxygens (including phenoxy) is 1. The van der Waals surface area contributed by atoms with E-state index in [2.05, 4.69) is 10.3 Å². The molecule has 0 bridgehead atoms. The van der Waals surface area contributed by atoms with Gasteiger partial charge in [-0.3, -0.25) is 4.57 Å². The Bertz CT molecular complexity index is 546. The van der Waals surface area contributed by atoms with Crippen molar-refractivity contribution in [1.29, 1.82) is 0 Å². The van der Waals surface area contributed by atoms with Gasteiger partial charge in [-0.1, -0.05) is 0 Å². The predicted octanol–water partition coefficient (Wildman–Crippen LogP) is 2.69. The second-order valence-corrected chi connectivity index (χ2v) is 4.48. The molecule has 0 amide bonds. The van der Waals surface area contributed by atoms with E-state index in [-0.39, 0.29) is 5.82 Å². The van der Waals surface area contributed by atoms with Crippen molar-refractivity contribution in [3.8, 4) is 5.69 Å². The Hall–Kier alpha value is -1.88. The minimum Gasteiger partial charge on any atom is -0.383 e. The summed E-state index contributed by atoms with van der Waals surface area (Å²) >= 11 is 0. The Kier molecular flexibility index (Phi) is 4.16. The molecule has 0 radical (unpaired) electrons. The van der Waals surface area contributed by atoms with E-state index < -0.39 is 0 Å². The quantitative estimate of drug-likeness (QED) is 0.843. The smallest absolute Gasteiger partial charge is 0.207 e. The van der Waals surface area contributed by atoms with E-state index in [1.165, 1.54) is 12.1 Å². The highest BCUT2D eigenvalue weighted by Crippen LogP contribution is 2.19. The Morgan fingerprint density at radius 3 is 2.79 bits per heavy atom. The number of hydrogen-bond acceptors (Lipinski definition) is 3. The second kappa shape index (κ2) is 5.84. The molecule has 1 N–H and O–H groups in total. The first-order valence-corrected chi connectivity index (χ1v) is 6.16. The van der Waals surface area contributed by atoms with Gasteiger partial charge in [-0.25, -0.2) is 9.37 Å². The zero-order valence-electron chi connectivity index (χ0n) is 11.4. The van der Waals surface area contributed by atoms with Gasteiger partial charge >= 0.3 is 0 Å². The lowest BCUT2D eigenvalue weighted by atomic mass is 10.2. The maximum Gasteiger partial charge on any atom is 0.207 e. The van der Waals surface area contributed by atoms with Crippen LogP contribution in [0.1, 0.15) is 11.3 Å². The normalized spacial score (nSPS) is 10.7. The van der Waals surface area contributed by atoms with Crippen LogP contribution in [0, 0.1) is 19.7 Å². The molecule has 0 fully saturated rings. The van der Waals surface area contributed by atoms with E-state index in [0.717, 1.165) is 16.9 Å². The van der Waals surface area contributed by atoms with Gasteiger partial charge in [0.05, 0.1) is 18.0 Å². The fourth-order valence-corrected chi connectivity index (χ4v) is 1.94. The molecule has 1 heterocycles. The van der Waals surface area contributed by atoms with Gasteiger partial charge in [0.25, 0.3) is 0 Å². The van der Waals surface area contributed by atoms with Gasteiger partial charge < -0.3 is 10.1 Å². The monoisotopic (exact) mass is 263 g/mol. The third kappa shape index (κ3) is 3.32. The first-order chi connectivity index (χ1) is 9.10. The van der Waals surface area contributed by atoms with Gasteiger partial charge in [0.2, 0.25) is 5.95 Å². The third-order valence-electron chi connectivity index (χ3n) is 2.72. The Morgan fingerprint density at radius 2 is 2.11 bits per heavy atom. The van der Waals surface area contributed by atoms with E-state index in [0.29, 0.717) is 19.1 Å². The summed E-state index contributed by atoms with van der Waals surface area (Å²) < 4.78 is 20.3. The average Bonchev–Trinajstić information content (AvgIpc) is 2.70. The fourth-order valence-electron chi connectivity index (χ4n) is 1.94. The van der Waals surface area contributed by atoms with Crippen molar-refractivity contribution >= 4 is 5.95 Å². The van der Waals surface area contributed by atoms with Crippen LogP contribution in [0.15, 0.2) is 24.4 Å². The van der Waals surface area contributed by atoms with E-state index >= 15 is 0 Å². The lowest BCUT2D eigenvalue weighted by Crippen LogP contribution is -2.11. The third-order valence-corrected chi connectivity index (χ3v) is 2.72. The first kappa shape index (κ1) is 13.5. The van der Waals surface area contributed by atoms with Crippen molar-refractivity contribution in [3.05, 3.63) is 41.5 Å². The molecule has 5 heteroatoms. The topological polar surface area (TPSA) is 39.1 Å². The van der Waals surface area contributed by atoms with E-state index in [1.54, 1.807) is 7.11 Å². The molecule has 19 heavy (non-hydrogen) atoms. The lowest BCUT2D eigenvalue weighted by Gasteiger charge is -2.10. The van der Waals surface area contributed by atoms with Crippen molar-refractivity contribution in [1.82, 2.24) is 9.55 Å². The summed E-state index contributed by atoms with van der Waals surface area (Å²) in [5.41, 5.74) is 2.52. The Balaban J connectivity index is 2.32. The van der Waals surface area contributed by atoms with E-state index in [1.807, 2.05) is 30.7 Å². The summed E-state index contributed by atoms with van der Waals surface area (Å²) in [6.45, 7) is 5.02. The number of methoxy groups -OCH3 is 1. The van der Waals surface area contributed by atoms with Gasteiger partial charge in [0.1, 0.15) is 5.82 Å². The highest BCUT2D eigenvalue weighted by molar-refractivity contribution is 5.45. The highest BCUT2D eigenvalue weighted by Gasteiger charge is 2.08. The van der Waals surface area contributed by atoms with Crippen LogP contribution in [0.25, 0.3) is 5.69 Å². The summed E-state index contributed by atoms with van der Waals surface area (Å²) in [5.74, 6) is 0.448. The second-order valence-electron chi connectivity index (χ2n) is 4.48. The molecule has 0 saturated carbocycles. The van der Waals surface area contributed by atoms with Crippen LogP contribution < -0.4 is 5.32 Å². The molecule has 0 saturated heterocycles. The number of nitrogens with zero attached hydrogens (tertiary/aromatic N) is 2. The molecule has 0 unspecified atom stereocenters. The summed E-state index contributed by atoms with van der Waals surface area (Å²) in [4.78, 5) is 4.39. The first-order valence-electron chi connectivity index (χ1n) is 6.16. The van der Waals surface area contributed by atoms with Crippen LogP contribution in [0.3, 0.4) is 0 Å². The molecule has 2 aromatic rings. The summed E-state index contributed by atoms with van der Waals surface area (Å²) in [6, 6.07) is 4.92. The molecule has 0 aliphatic heterocycles. The van der Waals surface area contributed by atoms with Crippen LogP contribution >= 0.6 is 0 Å². The lowest BCUT2D eigenvalue weighted by molar-refractivity contribution is 0.210. The highest BCUT2D eigenvalue weighted by atomic mass is 19.1. The number of benzene rings is 1. The zero-order valence-corrected chi connectivity index (χ0v) is 11.4. The molecular formula is C14H18FN3O. The minimum atomic E-state index is -0.246. The SMILES string of the molecule is COCCNc1nc(C)cn1-c1cc(C)cc(F)c1. The van der Waals surface area contributed by atoms with Crippen LogP contribution in [-0.4, -0.2) is 29.8 Å². The molecule has 102 valence electrons. The molecule has 0 spiro atoms. The molecule has 4 nitrogen and oxygen atoms in total. The maximum atomic E-state index is 13.5. The molecule has 1 aromatic heterocycles. The maximum absolute atomic E-state index is 13.5. The molecule has 0 atom stereocenters. The number of rotatable bonds is 5. The Labute approximate surface area is 112 Å². The largest absolute Gasteiger partial charge is 0.383 e. The number of nitrogens with one attached hydrogen (secondary N) is 1. The molecular weight excluding hydrogens is 245 g/mol. The molecule has 0 aliphatic rings. The van der Waals surface area contributed by atoms with Crippen molar-refractivity contribution < 1.29 is 9.13 Å². The Morgan fingerprint density at radius 1 is 1.32 bits per heavy atom. The van der Waals surface area contributed by atoms with Gasteiger partial charge in [-0.05, 0) is 37.6 Å². The van der Waals surface area contributed by atoms with Crippen LogP contribution in [0.5, 0.6) is 0 Å². The van der Waals surface area contributed by atoms with E-state index in [9.17, 15) is 4.39 Å². The van der Waals surface area contributed by atoms with Crippen LogP contribution in [0.2, 0.25) is 0 Å². The fraction of sp³-hybridized carbons (Fsp3) is 0.357. The van der Waals surface area contributed by atoms with Crippen molar-refractivity contribution in [2.24, 2.45) is 0 Å². The number of hydrogen-bond donors (Lipinski definition) is 1. The summed E-state index contributed by atoms with van der Waals surface area (Å²) in [7, 11) is 1.65. The number of imidazole rings is 1. The van der Waals surface area contributed by atoms with Crippen molar-refractivity contribution in [3.63, 3.8) is 0 Å². The predicted molar refractivity (Wildman–Crippen MR) is 73.4 cm³/mol. The van der Waals surface area contributed by atoms with Crippen LogP contribution in [0.4, 0.5) is 10.3 Å².